The van der Waals surface area contributed by atoms with Crippen LogP contribution < -0.4 is 16.0 Å². The van der Waals surface area contributed by atoms with Crippen LogP contribution in [0.5, 0.6) is 5.75 Å². The summed E-state index contributed by atoms with van der Waals surface area (Å²) < 4.78 is 5.44. The summed E-state index contributed by atoms with van der Waals surface area (Å²) >= 11 is 0. The van der Waals surface area contributed by atoms with E-state index in [-0.39, 0.29) is 11.6 Å². The van der Waals surface area contributed by atoms with E-state index in [9.17, 15) is 0 Å². The first-order valence-electron chi connectivity index (χ1n) is 6.60. The van der Waals surface area contributed by atoms with Gasteiger partial charge < -0.3 is 9.64 Å². The highest BCUT2D eigenvalue weighted by molar-refractivity contribution is 5.37. The quantitative estimate of drug-likeness (QED) is 0.607. The highest BCUT2D eigenvalue weighted by atomic mass is 16.5. The molecule has 4 nitrogen and oxygen atoms in total. The lowest BCUT2D eigenvalue weighted by molar-refractivity contribution is 0.137. The number of likely N-dealkylation sites (N-methyl/N-ethyl adjacent to an activating group) is 1. The largest absolute Gasteiger partial charge is 0.496 e. The molecule has 0 saturated carbocycles. The van der Waals surface area contributed by atoms with E-state index < -0.39 is 0 Å². The second-order valence-electron chi connectivity index (χ2n) is 5.79. The molecule has 108 valence electrons. The summed E-state index contributed by atoms with van der Waals surface area (Å²) in [4.78, 5) is 2.18. The van der Waals surface area contributed by atoms with E-state index in [1.54, 1.807) is 7.11 Å². The lowest BCUT2D eigenvalue weighted by atomic mass is 9.88. The molecule has 0 bridgehead atoms. The number of hydrogen-bond donors (Lipinski definition) is 2. The van der Waals surface area contributed by atoms with Crippen molar-refractivity contribution in [3.63, 3.8) is 0 Å². The van der Waals surface area contributed by atoms with Gasteiger partial charge in [-0.3, -0.25) is 11.3 Å². The van der Waals surface area contributed by atoms with Gasteiger partial charge in [-0.1, -0.05) is 17.7 Å². The van der Waals surface area contributed by atoms with E-state index in [0.29, 0.717) is 0 Å². The predicted octanol–water partition coefficient (Wildman–Crippen LogP) is 1.72. The number of hydrogen-bond acceptors (Lipinski definition) is 4. The molecule has 0 heterocycles. The van der Waals surface area contributed by atoms with Crippen molar-refractivity contribution >= 4 is 0 Å². The third kappa shape index (κ3) is 3.69. The Kier molecular flexibility index (Phi) is 5.35. The van der Waals surface area contributed by atoms with Crippen molar-refractivity contribution in [2.24, 2.45) is 5.84 Å². The van der Waals surface area contributed by atoms with Crippen molar-refractivity contribution in [1.29, 1.82) is 0 Å². The van der Waals surface area contributed by atoms with E-state index in [2.05, 4.69) is 57.3 Å². The molecule has 4 heteroatoms. The minimum absolute atomic E-state index is 0.0521. The Morgan fingerprint density at radius 1 is 1.37 bits per heavy atom. The zero-order valence-electron chi connectivity index (χ0n) is 12.9. The van der Waals surface area contributed by atoms with E-state index in [1.165, 1.54) is 11.1 Å². The smallest absolute Gasteiger partial charge is 0.122 e. The topological polar surface area (TPSA) is 50.5 Å². The Morgan fingerprint density at radius 2 is 2.00 bits per heavy atom. The molecule has 1 atom stereocenters. The van der Waals surface area contributed by atoms with Crippen molar-refractivity contribution in [1.82, 2.24) is 10.3 Å². The second-order valence-corrected chi connectivity index (χ2v) is 5.79. The molecule has 0 aliphatic rings. The highest BCUT2D eigenvalue weighted by Gasteiger charge is 2.31. The lowest BCUT2D eigenvalue weighted by Crippen LogP contribution is -2.58. The number of nitrogens with two attached hydrogens (primary N) is 1. The van der Waals surface area contributed by atoms with Crippen molar-refractivity contribution in [3.05, 3.63) is 29.3 Å². The number of nitrogens with one attached hydrogen (secondary N) is 1. The molecular formula is C15H27N3O. The van der Waals surface area contributed by atoms with Crippen LogP contribution in [0.3, 0.4) is 0 Å². The van der Waals surface area contributed by atoms with Crippen molar-refractivity contribution in [3.8, 4) is 5.75 Å². The number of methoxy groups -OCH3 is 1. The third-order valence-corrected chi connectivity index (χ3v) is 4.07. The van der Waals surface area contributed by atoms with Crippen molar-refractivity contribution in [2.45, 2.75) is 38.8 Å². The average Bonchev–Trinajstić information content (AvgIpc) is 2.35. The number of aryl methyl sites for hydroxylation is 1. The van der Waals surface area contributed by atoms with Gasteiger partial charge in [-0.05, 0) is 52.9 Å². The Labute approximate surface area is 116 Å². The van der Waals surface area contributed by atoms with Crippen LogP contribution in [0.25, 0.3) is 0 Å². The summed E-state index contributed by atoms with van der Waals surface area (Å²) in [5.41, 5.74) is 5.31. The molecule has 0 radical (unpaired) electrons. The molecule has 0 aromatic heterocycles. The number of rotatable bonds is 6. The van der Waals surface area contributed by atoms with Crippen molar-refractivity contribution < 1.29 is 4.74 Å². The normalized spacial score (nSPS) is 13.7. The fourth-order valence-electron chi connectivity index (χ4n) is 2.11. The van der Waals surface area contributed by atoms with Gasteiger partial charge in [0.2, 0.25) is 0 Å². The predicted molar refractivity (Wildman–Crippen MR) is 80.3 cm³/mol. The number of hydrazine groups is 1. The average molecular weight is 265 g/mol. The Bertz CT molecular complexity index is 416. The van der Waals surface area contributed by atoms with Gasteiger partial charge in [-0.25, -0.2) is 0 Å². The first-order valence-corrected chi connectivity index (χ1v) is 6.60. The number of ether oxygens (including phenoxy) is 1. The SMILES string of the molecule is COc1ccc(C)cc1CC(NN)C(C)(C)N(C)C. The van der Waals surface area contributed by atoms with Crippen LogP contribution in [0.1, 0.15) is 25.0 Å². The molecular weight excluding hydrogens is 238 g/mol. The monoisotopic (exact) mass is 265 g/mol. The zero-order valence-corrected chi connectivity index (χ0v) is 12.9. The lowest BCUT2D eigenvalue weighted by Gasteiger charge is -2.40. The standard InChI is InChI=1S/C15H27N3O/c1-11-7-8-13(19-6)12(9-11)10-14(17-16)15(2,3)18(4)5/h7-9,14,17H,10,16H2,1-6H3. The molecule has 0 aliphatic heterocycles. The van der Waals surface area contributed by atoms with Crippen LogP contribution in [-0.2, 0) is 6.42 Å². The molecule has 1 rings (SSSR count). The van der Waals surface area contributed by atoms with Crippen LogP contribution in [0.2, 0.25) is 0 Å². The molecule has 1 aromatic carbocycles. The fraction of sp³-hybridized carbons (Fsp3) is 0.600. The molecule has 1 unspecified atom stereocenters. The molecule has 0 amide bonds. The molecule has 0 aliphatic carbocycles. The molecule has 0 spiro atoms. The van der Waals surface area contributed by atoms with Gasteiger partial charge in [0.15, 0.2) is 0 Å². The summed E-state index contributed by atoms with van der Waals surface area (Å²) in [6.45, 7) is 6.45. The van der Waals surface area contributed by atoms with Crippen LogP contribution in [0.15, 0.2) is 18.2 Å². The van der Waals surface area contributed by atoms with Crippen molar-refractivity contribution in [2.75, 3.05) is 21.2 Å². The van der Waals surface area contributed by atoms with Gasteiger partial charge in [0.25, 0.3) is 0 Å². The van der Waals surface area contributed by atoms with E-state index in [1.807, 2.05) is 6.07 Å². The van der Waals surface area contributed by atoms with E-state index in [4.69, 9.17) is 10.6 Å². The van der Waals surface area contributed by atoms with Gasteiger partial charge in [0, 0.05) is 11.6 Å². The molecule has 0 fully saturated rings. The Hall–Kier alpha value is -1.10. The molecule has 0 saturated heterocycles. The van der Waals surface area contributed by atoms with Gasteiger partial charge in [0.05, 0.1) is 7.11 Å². The third-order valence-electron chi connectivity index (χ3n) is 4.07. The summed E-state index contributed by atoms with van der Waals surface area (Å²) in [5.74, 6) is 6.67. The minimum atomic E-state index is -0.0521. The maximum Gasteiger partial charge on any atom is 0.122 e. The minimum Gasteiger partial charge on any atom is -0.496 e. The fourth-order valence-corrected chi connectivity index (χ4v) is 2.11. The van der Waals surface area contributed by atoms with Gasteiger partial charge >= 0.3 is 0 Å². The number of benzene rings is 1. The Morgan fingerprint density at radius 3 is 2.47 bits per heavy atom. The van der Waals surface area contributed by atoms with Gasteiger partial charge in [0.1, 0.15) is 5.75 Å². The second kappa shape index (κ2) is 6.37. The van der Waals surface area contributed by atoms with Crippen LogP contribution >= 0.6 is 0 Å². The van der Waals surface area contributed by atoms with Crippen LogP contribution in [-0.4, -0.2) is 37.7 Å². The summed E-state index contributed by atoms with van der Waals surface area (Å²) in [7, 11) is 5.84. The number of nitrogens with zero attached hydrogens (tertiary/aromatic N) is 1. The van der Waals surface area contributed by atoms with Gasteiger partial charge in [-0.2, -0.15) is 0 Å². The van der Waals surface area contributed by atoms with E-state index in [0.717, 1.165) is 12.2 Å². The zero-order chi connectivity index (χ0) is 14.6. The summed E-state index contributed by atoms with van der Waals surface area (Å²) in [5, 5.41) is 0. The maximum absolute atomic E-state index is 5.76. The molecule has 3 N–H and O–H groups in total. The summed E-state index contributed by atoms with van der Waals surface area (Å²) in [6.07, 6.45) is 0.826. The molecule has 1 aromatic rings. The van der Waals surface area contributed by atoms with E-state index >= 15 is 0 Å². The van der Waals surface area contributed by atoms with Crippen LogP contribution in [0, 0.1) is 6.92 Å². The van der Waals surface area contributed by atoms with Crippen LogP contribution in [0.4, 0.5) is 0 Å². The van der Waals surface area contributed by atoms with Gasteiger partial charge in [-0.15, -0.1) is 0 Å². The summed E-state index contributed by atoms with van der Waals surface area (Å²) in [6, 6.07) is 6.37. The Balaban J connectivity index is 3.02. The maximum atomic E-state index is 5.76. The first-order chi connectivity index (χ1) is 8.82. The highest BCUT2D eigenvalue weighted by Crippen LogP contribution is 2.25. The molecule has 19 heavy (non-hydrogen) atoms. The first kappa shape index (κ1) is 16.0.